The summed E-state index contributed by atoms with van der Waals surface area (Å²) < 4.78 is 13.2. The van der Waals surface area contributed by atoms with E-state index in [2.05, 4.69) is 24.3 Å². The minimum absolute atomic E-state index is 0.0377. The number of aryl methyl sites for hydroxylation is 2. The van der Waals surface area contributed by atoms with Crippen molar-refractivity contribution in [1.82, 2.24) is 9.80 Å². The lowest BCUT2D eigenvalue weighted by Gasteiger charge is -2.48. The molecule has 2 aromatic carbocycles. The van der Waals surface area contributed by atoms with Gasteiger partial charge in [0.25, 0.3) is 0 Å². The molecule has 2 heterocycles. The number of hydrogen-bond donors (Lipinski definition) is 0. The minimum atomic E-state index is -0.536. The van der Waals surface area contributed by atoms with Gasteiger partial charge in [-0.3, -0.25) is 9.59 Å². The number of ether oxygens (including phenoxy) is 2. The summed E-state index contributed by atoms with van der Waals surface area (Å²) in [6.45, 7) is 8.10. The van der Waals surface area contributed by atoms with Gasteiger partial charge in [-0.2, -0.15) is 0 Å². The van der Waals surface area contributed by atoms with Crippen LogP contribution in [0, 0.1) is 17.6 Å². The first-order valence-corrected chi connectivity index (χ1v) is 17.3. The van der Waals surface area contributed by atoms with Crippen LogP contribution in [0.5, 0.6) is 11.5 Å². The number of rotatable bonds is 12. The van der Waals surface area contributed by atoms with Gasteiger partial charge >= 0.3 is 21.2 Å². The van der Waals surface area contributed by atoms with Crippen LogP contribution in [-0.4, -0.2) is 111 Å². The molecule has 236 valence electrons. The summed E-state index contributed by atoms with van der Waals surface area (Å²) in [5.74, 6) is 1.70. The summed E-state index contributed by atoms with van der Waals surface area (Å²) >= 11 is -0.536. The number of methoxy groups -OCH3 is 2. The third-order valence-corrected chi connectivity index (χ3v) is 12.0. The van der Waals surface area contributed by atoms with E-state index in [1.54, 1.807) is 37.9 Å². The number of amides is 2. The van der Waals surface area contributed by atoms with Crippen LogP contribution < -0.4 is 30.7 Å². The fraction of sp³-hybridized carbons (Fsp3) is 0.562. The molecule has 4 rings (SSSR count). The molecule has 0 N–H and O–H groups in total. The fourth-order valence-corrected chi connectivity index (χ4v) is 8.77. The van der Waals surface area contributed by atoms with Gasteiger partial charge in [0.1, 0.15) is 11.5 Å². The molecule has 0 spiro atoms. The van der Waals surface area contributed by atoms with Crippen molar-refractivity contribution in [2.45, 2.75) is 39.5 Å². The van der Waals surface area contributed by atoms with Crippen molar-refractivity contribution in [2.75, 3.05) is 79.7 Å². The van der Waals surface area contributed by atoms with E-state index in [4.69, 9.17) is 9.47 Å². The number of piperazine rings is 2. The topological polar surface area (TPSA) is 105 Å². The zero-order valence-electron chi connectivity index (χ0n) is 26.0. The third kappa shape index (κ3) is 9.27. The molecule has 0 unspecified atom stereocenters. The fourth-order valence-electron chi connectivity index (χ4n) is 5.88. The molecule has 10 nitrogen and oxygen atoms in total. The number of halogens is 1. The molecular formula is C32H46IN4O6+. The van der Waals surface area contributed by atoms with E-state index in [9.17, 15) is 20.0 Å². The zero-order valence-corrected chi connectivity index (χ0v) is 28.1. The van der Waals surface area contributed by atoms with Crippen LogP contribution in [0.2, 0.25) is 0 Å². The molecule has 2 aromatic rings. The van der Waals surface area contributed by atoms with Crippen molar-refractivity contribution in [3.63, 3.8) is 0 Å². The Morgan fingerprint density at radius 1 is 0.721 bits per heavy atom. The van der Waals surface area contributed by atoms with Crippen molar-refractivity contribution < 1.29 is 49.6 Å². The van der Waals surface area contributed by atoms with Crippen molar-refractivity contribution in [2.24, 2.45) is 0 Å². The average molecular weight is 710 g/mol. The first kappa shape index (κ1) is 33.4. The minimum Gasteiger partial charge on any atom is -0.633 e. The van der Waals surface area contributed by atoms with Crippen molar-refractivity contribution in [3.05, 3.63) is 65.1 Å². The van der Waals surface area contributed by atoms with Gasteiger partial charge in [-0.1, -0.05) is 0 Å². The van der Waals surface area contributed by atoms with Crippen LogP contribution in [0.15, 0.2) is 36.4 Å². The maximum atomic E-state index is 13.3. The van der Waals surface area contributed by atoms with E-state index in [1.807, 2.05) is 12.1 Å². The Kier molecular flexibility index (Phi) is 11.7. The van der Waals surface area contributed by atoms with Crippen LogP contribution in [0.3, 0.4) is 0 Å². The predicted octanol–water partition coefficient (Wildman–Crippen LogP) is 0.0508. The molecule has 43 heavy (non-hydrogen) atoms. The number of hydroxylamine groups is 6. The van der Waals surface area contributed by atoms with Gasteiger partial charge in [0.15, 0.2) is 7.14 Å². The Morgan fingerprint density at radius 3 is 1.42 bits per heavy atom. The summed E-state index contributed by atoms with van der Waals surface area (Å²) in [7, 11) is 3.35. The number of nitrogens with zero attached hydrogens (tertiary/aromatic N) is 4. The molecule has 0 aromatic heterocycles. The maximum absolute atomic E-state index is 13.3. The Labute approximate surface area is 266 Å². The van der Waals surface area contributed by atoms with Crippen LogP contribution >= 0.6 is 0 Å². The van der Waals surface area contributed by atoms with Crippen LogP contribution in [0.25, 0.3) is 0 Å². The summed E-state index contributed by atoms with van der Waals surface area (Å²) in [6, 6.07) is 12.6. The Balaban J connectivity index is 1.41. The van der Waals surface area contributed by atoms with Gasteiger partial charge in [-0.05, 0) is 49.2 Å². The molecule has 11 heteroatoms. The van der Waals surface area contributed by atoms with Crippen LogP contribution in [0.4, 0.5) is 0 Å². The summed E-state index contributed by atoms with van der Waals surface area (Å²) in [5.41, 5.74) is 2.44. The first-order chi connectivity index (χ1) is 20.5. The lowest BCUT2D eigenvalue weighted by molar-refractivity contribution is -0.884. The smallest absolute Gasteiger partial charge is 0.358 e. The highest BCUT2D eigenvalue weighted by molar-refractivity contribution is 5.73. The van der Waals surface area contributed by atoms with Gasteiger partial charge < -0.3 is 39.0 Å². The van der Waals surface area contributed by atoms with Gasteiger partial charge in [0.2, 0.25) is 11.8 Å². The second kappa shape index (κ2) is 15.0. The van der Waals surface area contributed by atoms with Crippen LogP contribution in [0.1, 0.15) is 37.8 Å². The molecule has 0 radical (unpaired) electrons. The summed E-state index contributed by atoms with van der Waals surface area (Å²) in [4.78, 5) is 26.9. The van der Waals surface area contributed by atoms with Crippen molar-refractivity contribution in [1.29, 1.82) is 0 Å². The van der Waals surface area contributed by atoms with Crippen LogP contribution in [-0.2, 0) is 22.4 Å². The molecule has 2 aliphatic rings. The number of carbonyl (C=O) groups is 2. The largest absolute Gasteiger partial charge is 0.633 e. The predicted molar refractivity (Wildman–Crippen MR) is 161 cm³/mol. The standard InChI is InChI=1S/C32H46IN4O6/c1-25(38)34-13-19-36(40,20-14-34)17-5-7-27-23-29(42-3)9-11-31(27)33-32-12-10-30(43-4)24-28(32)8-6-18-37(41)21-15-35(16-22-37)26(2)39/h9-12,23-24H,5-8,13-22H2,1-4H3/q+1. The molecule has 0 saturated carbocycles. The van der Waals surface area contributed by atoms with Gasteiger partial charge in [0.05, 0.1) is 79.7 Å². The Hall–Kier alpha value is -2.45. The zero-order chi connectivity index (χ0) is 31.0. The highest BCUT2D eigenvalue weighted by atomic mass is 127. The molecule has 0 atom stereocenters. The number of benzene rings is 2. The lowest BCUT2D eigenvalue weighted by Crippen LogP contribution is -3.62. The van der Waals surface area contributed by atoms with E-state index < -0.39 is 21.2 Å². The summed E-state index contributed by atoms with van der Waals surface area (Å²) in [5, 5.41) is 26.6. The maximum Gasteiger partial charge on any atom is 0.358 e. The molecule has 2 fully saturated rings. The first-order valence-electron chi connectivity index (χ1n) is 15.2. The van der Waals surface area contributed by atoms with E-state index in [0.29, 0.717) is 65.4 Å². The second-order valence-electron chi connectivity index (χ2n) is 11.7. The lowest BCUT2D eigenvalue weighted by atomic mass is 10.1. The van der Waals surface area contributed by atoms with E-state index in [0.717, 1.165) is 37.2 Å². The van der Waals surface area contributed by atoms with E-state index >= 15 is 0 Å². The monoisotopic (exact) mass is 709 g/mol. The molecule has 0 aliphatic carbocycles. The van der Waals surface area contributed by atoms with Gasteiger partial charge in [0, 0.05) is 37.8 Å². The Bertz CT molecular complexity index is 1160. The van der Waals surface area contributed by atoms with E-state index in [1.165, 1.54) is 18.3 Å². The number of carbonyl (C=O) groups excluding carboxylic acids is 2. The second-order valence-corrected chi connectivity index (χ2v) is 14.6. The molecule has 2 amide bonds. The highest BCUT2D eigenvalue weighted by Gasteiger charge is 2.29. The number of quaternary nitrogens is 2. The van der Waals surface area contributed by atoms with Crippen molar-refractivity contribution in [3.8, 4) is 11.5 Å². The normalized spacial score (nSPS) is 17.9. The van der Waals surface area contributed by atoms with Crippen molar-refractivity contribution >= 4 is 11.8 Å². The molecule has 2 aliphatic heterocycles. The molecular weight excluding hydrogens is 663 g/mol. The quantitative estimate of drug-likeness (QED) is 0.176. The molecule has 2 saturated heterocycles. The molecule has 0 bridgehead atoms. The highest BCUT2D eigenvalue weighted by Crippen LogP contribution is 2.20. The van der Waals surface area contributed by atoms with E-state index in [-0.39, 0.29) is 21.1 Å². The van der Waals surface area contributed by atoms with Gasteiger partial charge in [-0.25, -0.2) is 0 Å². The van der Waals surface area contributed by atoms with Gasteiger partial charge in [-0.15, -0.1) is 0 Å². The Morgan fingerprint density at radius 2 is 1.09 bits per heavy atom. The average Bonchev–Trinajstić information content (AvgIpc) is 2.99. The summed E-state index contributed by atoms with van der Waals surface area (Å²) in [6.07, 6.45) is 3.13. The SMILES string of the molecule is COc1ccc([I+]c2ccc(OC)cc2CCC[N+]2([O-])CCN(C(C)=O)CC2)c(CCC[N+]2([O-])CCN(C(C)=O)CC2)c1. The third-order valence-electron chi connectivity index (χ3n) is 8.73. The number of hydrogen-bond acceptors (Lipinski definition) is 6.